The number of hydrogen-bond acceptors (Lipinski definition) is 4. The second kappa shape index (κ2) is 9.00. The maximum absolute atomic E-state index is 12.1. The minimum atomic E-state index is -0.178. The van der Waals surface area contributed by atoms with Crippen molar-refractivity contribution in [3.63, 3.8) is 0 Å². The molecule has 1 aliphatic heterocycles. The summed E-state index contributed by atoms with van der Waals surface area (Å²) >= 11 is 0. The van der Waals surface area contributed by atoms with Gasteiger partial charge in [-0.05, 0) is 26.2 Å². The van der Waals surface area contributed by atoms with Crippen LogP contribution < -0.4 is 5.32 Å². The Morgan fingerprint density at radius 3 is 2.05 bits per heavy atom. The Balaban J connectivity index is 0.00000200. The highest BCUT2D eigenvalue weighted by Gasteiger charge is 2.34. The molecule has 2 rings (SSSR count). The van der Waals surface area contributed by atoms with Gasteiger partial charge >= 0.3 is 0 Å². The number of halogens is 2. The number of nitrogens with one attached hydrogen (secondary N) is 1. The summed E-state index contributed by atoms with van der Waals surface area (Å²) in [6.45, 7) is 2.90. The second-order valence-electron chi connectivity index (χ2n) is 4.71. The van der Waals surface area contributed by atoms with Crippen molar-refractivity contribution >= 4 is 36.6 Å². The Bertz CT molecular complexity index is 462. The molecule has 1 heterocycles. The average molecular weight is 334 g/mol. The molecule has 0 fully saturated rings. The average Bonchev–Trinajstić information content (AvgIpc) is 2.67. The van der Waals surface area contributed by atoms with Gasteiger partial charge in [0.15, 0.2) is 0 Å². The molecule has 0 atom stereocenters. The van der Waals surface area contributed by atoms with Crippen LogP contribution in [0.1, 0.15) is 20.7 Å². The molecule has 0 aliphatic carbocycles. The van der Waals surface area contributed by atoms with Gasteiger partial charge in [-0.1, -0.05) is 12.1 Å². The van der Waals surface area contributed by atoms with Gasteiger partial charge in [-0.2, -0.15) is 0 Å². The van der Waals surface area contributed by atoms with Crippen molar-refractivity contribution in [2.24, 2.45) is 0 Å². The van der Waals surface area contributed by atoms with E-state index in [0.29, 0.717) is 24.2 Å². The molecule has 0 radical (unpaired) electrons. The van der Waals surface area contributed by atoms with Crippen molar-refractivity contribution in [1.29, 1.82) is 0 Å². The predicted molar refractivity (Wildman–Crippen MR) is 87.7 cm³/mol. The third-order valence-electron chi connectivity index (χ3n) is 3.33. The largest absolute Gasteiger partial charge is 0.318 e. The van der Waals surface area contributed by atoms with E-state index in [4.69, 9.17) is 0 Å². The van der Waals surface area contributed by atoms with E-state index in [0.717, 1.165) is 13.1 Å². The normalized spacial score (nSPS) is 13.0. The summed E-state index contributed by atoms with van der Waals surface area (Å²) in [6, 6.07) is 6.99. The fourth-order valence-corrected chi connectivity index (χ4v) is 2.13. The molecule has 7 heteroatoms. The first-order chi connectivity index (χ1) is 9.15. The predicted octanol–water partition coefficient (Wildman–Crippen LogP) is 1.28. The first-order valence-electron chi connectivity index (χ1n) is 6.43. The number of nitrogens with zero attached hydrogens (tertiary/aromatic N) is 2. The van der Waals surface area contributed by atoms with E-state index in [1.807, 2.05) is 14.1 Å². The summed E-state index contributed by atoms with van der Waals surface area (Å²) in [4.78, 5) is 27.6. The van der Waals surface area contributed by atoms with Crippen molar-refractivity contribution < 1.29 is 9.59 Å². The first kappa shape index (κ1) is 19.9. The van der Waals surface area contributed by atoms with Crippen LogP contribution in [-0.4, -0.2) is 61.9 Å². The molecule has 118 valence electrons. The minimum absolute atomic E-state index is 0. The van der Waals surface area contributed by atoms with Crippen LogP contribution in [0, 0.1) is 0 Å². The summed E-state index contributed by atoms with van der Waals surface area (Å²) in [5.74, 6) is -0.356. The van der Waals surface area contributed by atoms with Crippen molar-refractivity contribution in [3.05, 3.63) is 35.4 Å². The van der Waals surface area contributed by atoms with Gasteiger partial charge in [-0.15, -0.1) is 24.8 Å². The van der Waals surface area contributed by atoms with Gasteiger partial charge in [0.2, 0.25) is 0 Å². The van der Waals surface area contributed by atoms with Crippen LogP contribution in [0.2, 0.25) is 0 Å². The molecule has 0 bridgehead atoms. The lowest BCUT2D eigenvalue weighted by Gasteiger charge is -2.20. The fourth-order valence-electron chi connectivity index (χ4n) is 2.13. The Labute approximate surface area is 137 Å². The van der Waals surface area contributed by atoms with Gasteiger partial charge in [-0.3, -0.25) is 14.5 Å². The molecule has 21 heavy (non-hydrogen) atoms. The summed E-state index contributed by atoms with van der Waals surface area (Å²) in [5.41, 5.74) is 1.04. The Morgan fingerprint density at radius 2 is 1.57 bits per heavy atom. The quantitative estimate of drug-likeness (QED) is 0.797. The third-order valence-corrected chi connectivity index (χ3v) is 3.33. The topological polar surface area (TPSA) is 52.6 Å². The van der Waals surface area contributed by atoms with Crippen LogP contribution in [0.3, 0.4) is 0 Å². The van der Waals surface area contributed by atoms with Crippen molar-refractivity contribution in [3.8, 4) is 0 Å². The molecule has 1 aromatic carbocycles. The Hall–Kier alpha value is -1.14. The van der Waals surface area contributed by atoms with Gasteiger partial charge in [-0.25, -0.2) is 0 Å². The molecule has 1 aliphatic rings. The standard InChI is InChI=1S/C14H19N3O2.2ClH/c1-15-7-8-16(2)9-10-17-13(18)11-5-3-4-6-12(11)14(17)19;;/h3-6,15H,7-10H2,1-2H3;2*1H. The zero-order chi connectivity index (χ0) is 13.8. The lowest BCUT2D eigenvalue weighted by molar-refractivity contribution is 0.0641. The number of carbonyl (C=O) groups is 2. The van der Waals surface area contributed by atoms with E-state index in [9.17, 15) is 9.59 Å². The molecule has 1 N–H and O–H groups in total. The molecule has 5 nitrogen and oxygen atoms in total. The van der Waals surface area contributed by atoms with Crippen LogP contribution in [-0.2, 0) is 0 Å². The second-order valence-corrected chi connectivity index (χ2v) is 4.71. The number of hydrogen-bond donors (Lipinski definition) is 1. The van der Waals surface area contributed by atoms with Crippen molar-refractivity contribution in [2.45, 2.75) is 0 Å². The van der Waals surface area contributed by atoms with Gasteiger partial charge in [0.1, 0.15) is 0 Å². The van der Waals surface area contributed by atoms with Crippen molar-refractivity contribution in [1.82, 2.24) is 15.1 Å². The van der Waals surface area contributed by atoms with Crippen molar-refractivity contribution in [2.75, 3.05) is 40.3 Å². The van der Waals surface area contributed by atoms with Crippen LogP contribution in [0.5, 0.6) is 0 Å². The van der Waals surface area contributed by atoms with Gasteiger partial charge in [0.05, 0.1) is 11.1 Å². The van der Waals surface area contributed by atoms with Crippen LogP contribution in [0.4, 0.5) is 0 Å². The summed E-state index contributed by atoms with van der Waals surface area (Å²) in [5, 5.41) is 3.07. The maximum atomic E-state index is 12.1. The molecule has 0 saturated carbocycles. The van der Waals surface area contributed by atoms with E-state index in [1.165, 1.54) is 4.90 Å². The lowest BCUT2D eigenvalue weighted by atomic mass is 10.1. The minimum Gasteiger partial charge on any atom is -0.318 e. The molecular formula is C14H21Cl2N3O2. The maximum Gasteiger partial charge on any atom is 0.261 e. The number of benzene rings is 1. The molecular weight excluding hydrogens is 313 g/mol. The molecule has 0 aromatic heterocycles. The van der Waals surface area contributed by atoms with E-state index in [-0.39, 0.29) is 36.6 Å². The summed E-state index contributed by atoms with van der Waals surface area (Å²) in [7, 11) is 3.88. The number of rotatable bonds is 6. The number of likely N-dealkylation sites (N-methyl/N-ethyl adjacent to an activating group) is 2. The first-order valence-corrected chi connectivity index (χ1v) is 6.43. The summed E-state index contributed by atoms with van der Waals surface area (Å²) < 4.78 is 0. The molecule has 1 aromatic rings. The number of amides is 2. The number of fused-ring (bicyclic) bond motifs is 1. The number of carbonyl (C=O) groups excluding carboxylic acids is 2. The SMILES string of the molecule is CNCCN(C)CCN1C(=O)c2ccccc2C1=O.Cl.Cl. The zero-order valence-corrected chi connectivity index (χ0v) is 13.8. The lowest BCUT2D eigenvalue weighted by Crippen LogP contribution is -2.38. The third kappa shape index (κ3) is 4.41. The Kier molecular flexibility index (Phi) is 8.51. The highest BCUT2D eigenvalue weighted by Crippen LogP contribution is 2.21. The molecule has 0 unspecified atom stereocenters. The molecule has 2 amide bonds. The number of imide groups is 1. The van der Waals surface area contributed by atoms with Crippen LogP contribution in [0.25, 0.3) is 0 Å². The van der Waals surface area contributed by atoms with Crippen LogP contribution in [0.15, 0.2) is 24.3 Å². The monoisotopic (exact) mass is 333 g/mol. The van der Waals surface area contributed by atoms with Gasteiger partial charge < -0.3 is 10.2 Å². The van der Waals surface area contributed by atoms with E-state index in [1.54, 1.807) is 24.3 Å². The molecule has 0 spiro atoms. The smallest absolute Gasteiger partial charge is 0.261 e. The van der Waals surface area contributed by atoms with Gasteiger partial charge in [0, 0.05) is 26.2 Å². The van der Waals surface area contributed by atoms with Gasteiger partial charge in [0.25, 0.3) is 11.8 Å². The van der Waals surface area contributed by atoms with E-state index < -0.39 is 0 Å². The van der Waals surface area contributed by atoms with Crippen LogP contribution >= 0.6 is 24.8 Å². The zero-order valence-electron chi connectivity index (χ0n) is 12.2. The van der Waals surface area contributed by atoms with E-state index in [2.05, 4.69) is 10.2 Å². The highest BCUT2D eigenvalue weighted by atomic mass is 35.5. The highest BCUT2D eigenvalue weighted by molar-refractivity contribution is 6.21. The van der Waals surface area contributed by atoms with E-state index >= 15 is 0 Å². The Morgan fingerprint density at radius 1 is 1.05 bits per heavy atom. The molecule has 0 saturated heterocycles. The summed E-state index contributed by atoms with van der Waals surface area (Å²) in [6.07, 6.45) is 0. The fraction of sp³-hybridized carbons (Fsp3) is 0.429.